The Morgan fingerprint density at radius 1 is 1.32 bits per heavy atom. The third kappa shape index (κ3) is 3.73. The van der Waals surface area contributed by atoms with Crippen LogP contribution in [0.4, 0.5) is 0 Å². The van der Waals surface area contributed by atoms with Crippen LogP contribution in [0.2, 0.25) is 5.02 Å². The molecule has 3 rings (SSSR count). The zero-order valence-corrected chi connectivity index (χ0v) is 13.4. The van der Waals surface area contributed by atoms with Gasteiger partial charge in [0.05, 0.1) is 12.0 Å². The largest absolute Gasteiger partial charge is 0.490 e. The zero-order chi connectivity index (χ0) is 15.5. The number of hydrogen-bond acceptors (Lipinski definition) is 3. The first-order valence-corrected chi connectivity index (χ1v) is 8.40. The Hall–Kier alpha value is -1.26. The highest BCUT2D eigenvalue weighted by atomic mass is 35.5. The molecule has 1 N–H and O–H groups in total. The second-order valence-electron chi connectivity index (χ2n) is 6.34. The van der Waals surface area contributed by atoms with Crippen molar-refractivity contribution in [1.82, 2.24) is 4.90 Å². The molecule has 1 aliphatic heterocycles. The first kappa shape index (κ1) is 15.6. The number of nitrogens with zero attached hydrogens (tertiary/aromatic N) is 1. The summed E-state index contributed by atoms with van der Waals surface area (Å²) in [5.41, 5.74) is 1.06. The molecule has 0 aromatic heterocycles. The number of carboxylic acids is 1. The molecule has 22 heavy (non-hydrogen) atoms. The Labute approximate surface area is 136 Å². The van der Waals surface area contributed by atoms with Gasteiger partial charge in [-0.25, -0.2) is 0 Å². The predicted molar refractivity (Wildman–Crippen MR) is 85.4 cm³/mol. The van der Waals surface area contributed by atoms with Crippen molar-refractivity contribution in [2.45, 2.75) is 44.8 Å². The van der Waals surface area contributed by atoms with Crippen LogP contribution in [0.25, 0.3) is 0 Å². The van der Waals surface area contributed by atoms with Gasteiger partial charge in [-0.3, -0.25) is 9.69 Å². The Morgan fingerprint density at radius 3 is 2.77 bits per heavy atom. The van der Waals surface area contributed by atoms with Gasteiger partial charge in [-0.05, 0) is 56.8 Å². The van der Waals surface area contributed by atoms with Crippen molar-refractivity contribution in [2.75, 3.05) is 13.1 Å². The number of carboxylic acid groups (broad SMARTS) is 1. The number of benzene rings is 1. The molecule has 5 heteroatoms. The fraction of sp³-hybridized carbons (Fsp3) is 0.588. The van der Waals surface area contributed by atoms with Crippen LogP contribution in [0, 0.1) is 5.92 Å². The van der Waals surface area contributed by atoms with Crippen LogP contribution in [-0.4, -0.2) is 35.2 Å². The summed E-state index contributed by atoms with van der Waals surface area (Å²) in [6.45, 7) is 2.11. The summed E-state index contributed by atoms with van der Waals surface area (Å²) in [6.07, 6.45) is 5.74. The fourth-order valence-electron chi connectivity index (χ4n) is 3.39. The molecule has 1 saturated heterocycles. The number of rotatable bonds is 5. The third-order valence-corrected chi connectivity index (χ3v) is 4.87. The van der Waals surface area contributed by atoms with Crippen LogP contribution in [-0.2, 0) is 11.3 Å². The van der Waals surface area contributed by atoms with Crippen LogP contribution in [0.1, 0.15) is 37.7 Å². The van der Waals surface area contributed by atoms with Crippen molar-refractivity contribution in [3.8, 4) is 5.75 Å². The van der Waals surface area contributed by atoms with Crippen molar-refractivity contribution in [3.05, 3.63) is 28.8 Å². The molecule has 4 nitrogen and oxygen atoms in total. The maximum Gasteiger partial charge on any atom is 0.307 e. The zero-order valence-electron chi connectivity index (χ0n) is 12.6. The lowest BCUT2D eigenvalue weighted by atomic mass is 10.1. The number of likely N-dealkylation sites (tertiary alicyclic amines) is 1. The number of carbonyl (C=O) groups is 1. The van der Waals surface area contributed by atoms with E-state index in [1.165, 1.54) is 12.8 Å². The minimum Gasteiger partial charge on any atom is -0.490 e. The van der Waals surface area contributed by atoms with Crippen LogP contribution >= 0.6 is 11.6 Å². The van der Waals surface area contributed by atoms with Crippen molar-refractivity contribution in [3.63, 3.8) is 0 Å². The van der Waals surface area contributed by atoms with Gasteiger partial charge in [0.1, 0.15) is 5.75 Å². The van der Waals surface area contributed by atoms with Crippen LogP contribution in [0.5, 0.6) is 5.75 Å². The molecule has 1 aliphatic carbocycles. The number of hydrogen-bond donors (Lipinski definition) is 1. The van der Waals surface area contributed by atoms with Crippen molar-refractivity contribution in [2.24, 2.45) is 5.92 Å². The standard InChI is InChI=1S/C17H22ClNO3/c18-14-5-6-16(22-15-3-1-2-4-15)13(9-14)11-19-8-7-12(10-19)17(20)21/h5-6,9,12,15H,1-4,7-8,10-11H2,(H,20,21). The van der Waals surface area contributed by atoms with Crippen LogP contribution in [0.3, 0.4) is 0 Å². The van der Waals surface area contributed by atoms with E-state index in [4.69, 9.17) is 21.4 Å². The molecule has 1 unspecified atom stereocenters. The van der Waals surface area contributed by atoms with Crippen LogP contribution in [0.15, 0.2) is 18.2 Å². The van der Waals surface area contributed by atoms with Gasteiger partial charge in [0.15, 0.2) is 0 Å². The number of halogens is 1. The molecule has 2 aliphatic rings. The molecule has 1 aromatic rings. The molecule has 1 aromatic carbocycles. The molecule has 120 valence electrons. The summed E-state index contributed by atoms with van der Waals surface area (Å²) < 4.78 is 6.14. The maximum atomic E-state index is 11.1. The van der Waals surface area contributed by atoms with Gasteiger partial charge in [0, 0.05) is 23.7 Å². The monoisotopic (exact) mass is 323 g/mol. The van der Waals surface area contributed by atoms with E-state index in [1.54, 1.807) is 0 Å². The molecule has 0 radical (unpaired) electrons. The Kier molecular flexibility index (Phi) is 4.89. The second-order valence-corrected chi connectivity index (χ2v) is 6.77. The van der Waals surface area contributed by atoms with E-state index in [0.29, 0.717) is 30.6 Å². The Bertz CT molecular complexity index is 543. The molecule has 2 fully saturated rings. The second kappa shape index (κ2) is 6.88. The summed E-state index contributed by atoms with van der Waals surface area (Å²) in [6, 6.07) is 5.75. The average molecular weight is 324 g/mol. The van der Waals surface area contributed by atoms with E-state index in [2.05, 4.69) is 4.90 Å². The molecule has 1 heterocycles. The van der Waals surface area contributed by atoms with Gasteiger partial charge in [0.2, 0.25) is 0 Å². The van der Waals surface area contributed by atoms with Crippen molar-refractivity contribution < 1.29 is 14.6 Å². The smallest absolute Gasteiger partial charge is 0.307 e. The maximum absolute atomic E-state index is 11.1. The molecular formula is C17H22ClNO3. The minimum absolute atomic E-state index is 0.251. The van der Waals surface area contributed by atoms with Gasteiger partial charge in [-0.2, -0.15) is 0 Å². The number of ether oxygens (including phenoxy) is 1. The summed E-state index contributed by atoms with van der Waals surface area (Å²) in [5.74, 6) is -0.0514. The topological polar surface area (TPSA) is 49.8 Å². The highest BCUT2D eigenvalue weighted by Gasteiger charge is 2.28. The first-order chi connectivity index (χ1) is 10.6. The van der Waals surface area contributed by atoms with E-state index in [1.807, 2.05) is 18.2 Å². The Balaban J connectivity index is 1.69. The fourth-order valence-corrected chi connectivity index (χ4v) is 3.59. The van der Waals surface area contributed by atoms with E-state index >= 15 is 0 Å². The molecular weight excluding hydrogens is 302 g/mol. The first-order valence-electron chi connectivity index (χ1n) is 8.02. The molecule has 0 spiro atoms. The van der Waals surface area contributed by atoms with Crippen molar-refractivity contribution in [1.29, 1.82) is 0 Å². The van der Waals surface area contributed by atoms with Gasteiger partial charge < -0.3 is 9.84 Å². The quantitative estimate of drug-likeness (QED) is 0.900. The molecule has 1 atom stereocenters. The molecule has 0 amide bonds. The summed E-state index contributed by atoms with van der Waals surface area (Å²) in [4.78, 5) is 13.3. The van der Waals surface area contributed by atoms with Gasteiger partial charge in [-0.1, -0.05) is 11.6 Å². The van der Waals surface area contributed by atoms with E-state index in [-0.39, 0.29) is 5.92 Å². The van der Waals surface area contributed by atoms with Gasteiger partial charge in [-0.15, -0.1) is 0 Å². The number of aliphatic carboxylic acids is 1. The minimum atomic E-state index is -0.698. The average Bonchev–Trinajstić information content (AvgIpc) is 3.13. The highest BCUT2D eigenvalue weighted by Crippen LogP contribution is 2.30. The van der Waals surface area contributed by atoms with Gasteiger partial charge in [0.25, 0.3) is 0 Å². The predicted octanol–water partition coefficient (Wildman–Crippen LogP) is 3.57. The normalized spacial score (nSPS) is 23.0. The lowest BCUT2D eigenvalue weighted by molar-refractivity contribution is -0.141. The van der Waals surface area contributed by atoms with E-state index in [9.17, 15) is 4.79 Å². The van der Waals surface area contributed by atoms with Gasteiger partial charge >= 0.3 is 5.97 Å². The highest BCUT2D eigenvalue weighted by molar-refractivity contribution is 6.30. The Morgan fingerprint density at radius 2 is 2.09 bits per heavy atom. The summed E-state index contributed by atoms with van der Waals surface area (Å²) >= 11 is 6.13. The van der Waals surface area contributed by atoms with Crippen LogP contribution < -0.4 is 4.74 Å². The molecule has 1 saturated carbocycles. The van der Waals surface area contributed by atoms with E-state index in [0.717, 1.165) is 30.7 Å². The lowest BCUT2D eigenvalue weighted by Gasteiger charge is -2.20. The van der Waals surface area contributed by atoms with Crippen molar-refractivity contribution >= 4 is 17.6 Å². The summed E-state index contributed by atoms with van der Waals surface area (Å²) in [7, 11) is 0. The summed E-state index contributed by atoms with van der Waals surface area (Å²) in [5, 5.41) is 9.81. The van der Waals surface area contributed by atoms with E-state index < -0.39 is 5.97 Å². The molecule has 0 bridgehead atoms. The SMILES string of the molecule is O=C(O)C1CCN(Cc2cc(Cl)ccc2OC2CCCC2)C1. The lowest BCUT2D eigenvalue weighted by Crippen LogP contribution is -2.23. The third-order valence-electron chi connectivity index (χ3n) is 4.63.